The molecule has 0 aliphatic rings. The van der Waals surface area contributed by atoms with Crippen LogP contribution in [0.15, 0.2) is 28.7 Å². The van der Waals surface area contributed by atoms with Gasteiger partial charge in [-0.3, -0.25) is 0 Å². The normalized spacial score (nSPS) is 11.7. The van der Waals surface area contributed by atoms with E-state index in [-0.39, 0.29) is 0 Å². The van der Waals surface area contributed by atoms with Crippen LogP contribution in [-0.4, -0.2) is 8.32 Å². The van der Waals surface area contributed by atoms with Gasteiger partial charge in [0.25, 0.3) is 8.32 Å². The summed E-state index contributed by atoms with van der Waals surface area (Å²) in [6.07, 6.45) is 4.88. The quantitative estimate of drug-likeness (QED) is 0.402. The van der Waals surface area contributed by atoms with E-state index in [9.17, 15) is 0 Å². The van der Waals surface area contributed by atoms with Crippen molar-refractivity contribution < 1.29 is 4.43 Å². The number of rotatable bonds is 6. The van der Waals surface area contributed by atoms with Crippen molar-refractivity contribution in [3.8, 4) is 12.0 Å². The molecule has 3 heteroatoms. The van der Waals surface area contributed by atoms with Crippen LogP contribution in [0.1, 0.15) is 53.5 Å². The lowest BCUT2D eigenvalue weighted by Gasteiger charge is -2.39. The molecule has 22 heavy (non-hydrogen) atoms. The molecular weight excluding hydrogens is 352 g/mol. The molecule has 122 valence electrons. The third-order valence-corrected chi connectivity index (χ3v) is 10.9. The van der Waals surface area contributed by atoms with Gasteiger partial charge >= 0.3 is 0 Å². The van der Waals surface area contributed by atoms with Crippen molar-refractivity contribution in [2.24, 2.45) is 0 Å². The summed E-state index contributed by atoms with van der Waals surface area (Å²) < 4.78 is 7.36. The molecule has 0 aliphatic carbocycles. The maximum atomic E-state index is 6.24. The van der Waals surface area contributed by atoms with Gasteiger partial charge in [-0.1, -0.05) is 75.5 Å². The lowest BCUT2D eigenvalue weighted by Crippen LogP contribution is -2.46. The van der Waals surface area contributed by atoms with Gasteiger partial charge in [0.15, 0.2) is 0 Å². The Morgan fingerprint density at radius 1 is 0.955 bits per heavy atom. The van der Waals surface area contributed by atoms with Crippen molar-refractivity contribution in [3.05, 3.63) is 34.3 Å². The fourth-order valence-electron chi connectivity index (χ4n) is 3.39. The number of aryl methyl sites for hydroxylation is 1. The highest BCUT2D eigenvalue weighted by Gasteiger charge is 2.46. The van der Waals surface area contributed by atoms with Crippen LogP contribution in [0.4, 0.5) is 0 Å². The van der Waals surface area contributed by atoms with Crippen molar-refractivity contribution in [1.82, 2.24) is 0 Å². The predicted octanol–water partition coefficient (Wildman–Crippen LogP) is 6.53. The van der Waals surface area contributed by atoms with Gasteiger partial charge in [-0.2, -0.15) is 0 Å². The van der Waals surface area contributed by atoms with Gasteiger partial charge in [0.05, 0.1) is 6.11 Å². The van der Waals surface area contributed by atoms with Crippen LogP contribution in [0.25, 0.3) is 0 Å². The Kier molecular flexibility index (Phi) is 7.72. The monoisotopic (exact) mass is 380 g/mol. The summed E-state index contributed by atoms with van der Waals surface area (Å²) in [6.45, 7) is 13.7. The van der Waals surface area contributed by atoms with Gasteiger partial charge in [-0.05, 0) is 40.7 Å². The number of hydrogen-bond donors (Lipinski definition) is 0. The fourth-order valence-corrected chi connectivity index (χ4v) is 8.61. The lowest BCUT2D eigenvalue weighted by molar-refractivity contribution is 0.446. The first-order chi connectivity index (χ1) is 10.3. The minimum Gasteiger partial charge on any atom is -0.500 e. The average molecular weight is 381 g/mol. The van der Waals surface area contributed by atoms with Crippen molar-refractivity contribution >= 4 is 24.2 Å². The lowest BCUT2D eigenvalue weighted by atomic mass is 10.1. The summed E-state index contributed by atoms with van der Waals surface area (Å²) in [5.74, 6) is 3.22. The second-order valence-electron chi connectivity index (χ2n) is 6.83. The minimum atomic E-state index is -1.84. The first kappa shape index (κ1) is 19.3. The van der Waals surface area contributed by atoms with E-state index in [2.05, 4.69) is 93.8 Å². The Morgan fingerprint density at radius 2 is 1.45 bits per heavy atom. The Hall–Kier alpha value is -0.723. The Labute approximate surface area is 146 Å². The molecule has 1 aromatic rings. The van der Waals surface area contributed by atoms with E-state index in [0.717, 1.165) is 17.3 Å². The van der Waals surface area contributed by atoms with Crippen LogP contribution < -0.4 is 0 Å². The summed E-state index contributed by atoms with van der Waals surface area (Å²) >= 11 is 3.46. The topological polar surface area (TPSA) is 9.23 Å². The van der Waals surface area contributed by atoms with E-state index in [1.807, 2.05) is 0 Å². The molecule has 0 fully saturated rings. The maximum Gasteiger partial charge on any atom is 0.272 e. The highest BCUT2D eigenvalue weighted by Crippen LogP contribution is 2.41. The van der Waals surface area contributed by atoms with E-state index >= 15 is 0 Å². The predicted molar refractivity (Wildman–Crippen MR) is 102 cm³/mol. The largest absolute Gasteiger partial charge is 0.500 e. The molecule has 1 aromatic carbocycles. The van der Waals surface area contributed by atoms with Crippen molar-refractivity contribution in [2.75, 3.05) is 0 Å². The molecule has 0 atom stereocenters. The van der Waals surface area contributed by atoms with E-state index in [1.165, 1.54) is 5.56 Å². The van der Waals surface area contributed by atoms with Crippen molar-refractivity contribution in [1.29, 1.82) is 0 Å². The van der Waals surface area contributed by atoms with E-state index in [1.54, 1.807) is 0 Å². The molecule has 0 saturated heterocycles. The molecular formula is C19H29BrOSi. The molecule has 0 saturated carbocycles. The molecule has 1 rings (SSSR count). The van der Waals surface area contributed by atoms with Crippen LogP contribution in [0.3, 0.4) is 0 Å². The Balaban J connectivity index is 2.65. The zero-order chi connectivity index (χ0) is 16.8. The van der Waals surface area contributed by atoms with Gasteiger partial charge in [0.1, 0.15) is 0 Å². The van der Waals surface area contributed by atoms with Gasteiger partial charge in [0.2, 0.25) is 0 Å². The van der Waals surface area contributed by atoms with Crippen LogP contribution in [-0.2, 0) is 10.8 Å². The maximum absolute atomic E-state index is 6.24. The average Bonchev–Trinajstić information content (AvgIpc) is 2.43. The summed E-state index contributed by atoms with van der Waals surface area (Å²) in [5.41, 5.74) is 3.05. The molecule has 0 radical (unpaired) electrons. The van der Waals surface area contributed by atoms with Crippen molar-refractivity contribution in [2.45, 2.75) is 71.0 Å². The highest BCUT2D eigenvalue weighted by atomic mass is 79.9. The summed E-state index contributed by atoms with van der Waals surface area (Å²) in [7, 11) is -1.84. The standard InChI is InChI=1S/C19H29BrOSi/c1-15(2)22(16(3)4,17(5)6)21-14-8-7-9-18-10-12-19(20)13-11-18/h10-13,15-17H,7,9H2,1-6H3. The summed E-state index contributed by atoms with van der Waals surface area (Å²) in [4.78, 5) is 0. The van der Waals surface area contributed by atoms with Crippen LogP contribution in [0, 0.1) is 12.0 Å². The summed E-state index contributed by atoms with van der Waals surface area (Å²) in [5, 5.41) is 0. The number of hydrogen-bond acceptors (Lipinski definition) is 1. The Bertz CT molecular complexity index is 487. The first-order valence-electron chi connectivity index (χ1n) is 8.21. The third-order valence-electron chi connectivity index (χ3n) is 4.46. The fraction of sp³-hybridized carbons (Fsp3) is 0.579. The van der Waals surface area contributed by atoms with Gasteiger partial charge < -0.3 is 4.43 Å². The van der Waals surface area contributed by atoms with Crippen LogP contribution in [0.2, 0.25) is 16.6 Å². The molecule has 0 N–H and O–H groups in total. The smallest absolute Gasteiger partial charge is 0.272 e. The first-order valence-corrected chi connectivity index (χ1v) is 11.1. The number of halogens is 1. The SMILES string of the molecule is CC(C)[Si](OC#CCCc1ccc(Br)cc1)(C(C)C)C(C)C. The molecule has 1 nitrogen and oxygen atoms in total. The minimum absolute atomic E-state index is 0.577. The molecule has 0 aromatic heterocycles. The molecule has 0 bridgehead atoms. The molecule has 0 spiro atoms. The highest BCUT2D eigenvalue weighted by molar-refractivity contribution is 9.10. The van der Waals surface area contributed by atoms with Crippen molar-refractivity contribution in [3.63, 3.8) is 0 Å². The third kappa shape index (κ3) is 4.89. The van der Waals surface area contributed by atoms with Gasteiger partial charge in [0, 0.05) is 10.9 Å². The van der Waals surface area contributed by atoms with Gasteiger partial charge in [-0.15, -0.1) is 0 Å². The van der Waals surface area contributed by atoms with Gasteiger partial charge in [-0.25, -0.2) is 0 Å². The zero-order valence-electron chi connectivity index (χ0n) is 14.7. The zero-order valence-corrected chi connectivity index (χ0v) is 17.3. The van der Waals surface area contributed by atoms with E-state index < -0.39 is 8.32 Å². The molecule has 0 unspecified atom stereocenters. The summed E-state index contributed by atoms with van der Waals surface area (Å²) in [6, 6.07) is 8.44. The molecule has 0 heterocycles. The second-order valence-corrected chi connectivity index (χ2v) is 13.1. The Morgan fingerprint density at radius 3 is 1.91 bits per heavy atom. The molecule has 0 amide bonds. The second kappa shape index (κ2) is 8.79. The van der Waals surface area contributed by atoms with Crippen LogP contribution in [0.5, 0.6) is 0 Å². The molecule has 0 aliphatic heterocycles. The van der Waals surface area contributed by atoms with E-state index in [4.69, 9.17) is 4.43 Å². The number of benzene rings is 1. The van der Waals surface area contributed by atoms with Crippen LogP contribution >= 0.6 is 15.9 Å². The van der Waals surface area contributed by atoms with E-state index in [0.29, 0.717) is 16.6 Å².